The molecule has 0 bridgehead atoms. The zero-order valence-corrected chi connectivity index (χ0v) is 18.8. The molecule has 0 fully saturated rings. The minimum Gasteiger partial charge on any atom is -0.383 e. The second kappa shape index (κ2) is 10.1. The molecule has 2 aromatic carbocycles. The second-order valence-corrected chi connectivity index (χ2v) is 7.39. The summed E-state index contributed by atoms with van der Waals surface area (Å²) in [5.74, 6) is 0.706. The molecule has 3 aromatic rings. The molecule has 0 radical (unpaired) electrons. The molecule has 3 N–H and O–H groups in total. The summed E-state index contributed by atoms with van der Waals surface area (Å²) < 4.78 is 0. The van der Waals surface area contributed by atoms with E-state index in [1.807, 2.05) is 37.4 Å². The van der Waals surface area contributed by atoms with E-state index in [2.05, 4.69) is 47.0 Å². The first-order chi connectivity index (χ1) is 12.6. The summed E-state index contributed by atoms with van der Waals surface area (Å²) in [5.41, 5.74) is 0.259. The molecule has 1 heterocycles. The Kier molecular flexibility index (Phi) is 8.07. The van der Waals surface area contributed by atoms with Crippen LogP contribution in [0.25, 0.3) is 10.8 Å². The summed E-state index contributed by atoms with van der Waals surface area (Å²) in [6, 6.07) is 18.5. The van der Waals surface area contributed by atoms with Crippen LogP contribution in [-0.4, -0.2) is 24.2 Å². The van der Waals surface area contributed by atoms with Gasteiger partial charge in [-0.1, -0.05) is 48.5 Å². The molecule has 4 nitrogen and oxygen atoms in total. The SMILES string of the molecule is CCNC(=NCc1cccc2ccccc12)NCC(C)(O)c1cccs1.I. The van der Waals surface area contributed by atoms with Crippen LogP contribution in [0.5, 0.6) is 0 Å². The number of nitrogens with zero attached hydrogens (tertiary/aromatic N) is 1. The van der Waals surface area contributed by atoms with E-state index in [-0.39, 0.29) is 24.0 Å². The normalized spacial score (nSPS) is 13.7. The molecule has 6 heteroatoms. The first-order valence-electron chi connectivity index (χ1n) is 8.85. The van der Waals surface area contributed by atoms with Crippen LogP contribution in [0.15, 0.2) is 65.0 Å². The summed E-state index contributed by atoms with van der Waals surface area (Å²) in [6.45, 7) is 5.60. The highest BCUT2D eigenvalue weighted by Gasteiger charge is 2.24. The number of guanidine groups is 1. The van der Waals surface area contributed by atoms with Crippen molar-refractivity contribution >= 4 is 52.0 Å². The lowest BCUT2D eigenvalue weighted by atomic mass is 10.0. The number of aliphatic hydroxyl groups is 1. The van der Waals surface area contributed by atoms with E-state index in [0.717, 1.165) is 11.4 Å². The molecule has 0 saturated carbocycles. The van der Waals surface area contributed by atoms with Gasteiger partial charge in [0.2, 0.25) is 0 Å². The van der Waals surface area contributed by atoms with Crippen LogP contribution in [0.3, 0.4) is 0 Å². The Morgan fingerprint density at radius 1 is 1.07 bits per heavy atom. The molecule has 0 saturated heterocycles. The number of benzene rings is 2. The van der Waals surface area contributed by atoms with E-state index < -0.39 is 5.60 Å². The number of fused-ring (bicyclic) bond motifs is 1. The average Bonchev–Trinajstić information content (AvgIpc) is 3.20. The molecule has 0 aliphatic carbocycles. The van der Waals surface area contributed by atoms with Crippen molar-refractivity contribution in [2.24, 2.45) is 4.99 Å². The Bertz CT molecular complexity index is 873. The number of thiophene rings is 1. The predicted octanol–water partition coefficient (Wildman–Crippen LogP) is 4.48. The van der Waals surface area contributed by atoms with Gasteiger partial charge < -0.3 is 15.7 Å². The third-order valence-electron chi connectivity index (χ3n) is 4.28. The first kappa shape index (κ1) is 21.7. The van der Waals surface area contributed by atoms with Gasteiger partial charge in [0.25, 0.3) is 0 Å². The van der Waals surface area contributed by atoms with Crippen LogP contribution in [-0.2, 0) is 12.1 Å². The molecular formula is C21H26IN3OS. The lowest BCUT2D eigenvalue weighted by molar-refractivity contribution is 0.0655. The largest absolute Gasteiger partial charge is 0.383 e. The van der Waals surface area contributed by atoms with Crippen LogP contribution >= 0.6 is 35.3 Å². The van der Waals surface area contributed by atoms with Crippen molar-refractivity contribution in [3.63, 3.8) is 0 Å². The van der Waals surface area contributed by atoms with E-state index in [1.165, 1.54) is 16.3 Å². The number of halogens is 1. The van der Waals surface area contributed by atoms with Gasteiger partial charge in [-0.15, -0.1) is 35.3 Å². The van der Waals surface area contributed by atoms with Crippen molar-refractivity contribution in [3.05, 3.63) is 70.4 Å². The average molecular weight is 495 g/mol. The van der Waals surface area contributed by atoms with Gasteiger partial charge in [0.1, 0.15) is 5.60 Å². The van der Waals surface area contributed by atoms with Crippen molar-refractivity contribution in [3.8, 4) is 0 Å². The van der Waals surface area contributed by atoms with Gasteiger partial charge in [-0.05, 0) is 41.6 Å². The van der Waals surface area contributed by atoms with Crippen LogP contribution in [0, 0.1) is 0 Å². The van der Waals surface area contributed by atoms with Crippen LogP contribution < -0.4 is 10.6 Å². The molecule has 0 amide bonds. The number of hydrogen-bond acceptors (Lipinski definition) is 3. The fourth-order valence-corrected chi connectivity index (χ4v) is 3.65. The van der Waals surface area contributed by atoms with E-state index in [1.54, 1.807) is 11.3 Å². The molecule has 0 aliphatic rings. The Hall–Kier alpha value is -1.64. The fraction of sp³-hybridized carbons (Fsp3) is 0.286. The Morgan fingerprint density at radius 3 is 2.59 bits per heavy atom. The van der Waals surface area contributed by atoms with E-state index in [0.29, 0.717) is 19.0 Å². The third-order valence-corrected chi connectivity index (χ3v) is 5.41. The molecule has 0 spiro atoms. The van der Waals surface area contributed by atoms with Crippen molar-refractivity contribution in [1.29, 1.82) is 0 Å². The maximum absolute atomic E-state index is 10.7. The van der Waals surface area contributed by atoms with Gasteiger partial charge in [0.05, 0.1) is 13.1 Å². The zero-order chi connectivity index (χ0) is 18.4. The fourth-order valence-electron chi connectivity index (χ4n) is 2.86. The van der Waals surface area contributed by atoms with Crippen LogP contribution in [0.2, 0.25) is 0 Å². The van der Waals surface area contributed by atoms with Gasteiger partial charge in [-0.25, -0.2) is 4.99 Å². The predicted molar refractivity (Wildman–Crippen MR) is 126 cm³/mol. The van der Waals surface area contributed by atoms with E-state index in [9.17, 15) is 5.11 Å². The maximum Gasteiger partial charge on any atom is 0.191 e. The standard InChI is InChI=1S/C21H25N3OS.HI/c1-3-22-20(24-15-21(2,25)19-12-7-13-26-19)23-14-17-10-6-9-16-8-4-5-11-18(16)17;/h4-13,25H,3,14-15H2,1-2H3,(H2,22,23,24);1H. The lowest BCUT2D eigenvalue weighted by Gasteiger charge is -2.23. The molecule has 1 aromatic heterocycles. The van der Waals surface area contributed by atoms with E-state index >= 15 is 0 Å². The van der Waals surface area contributed by atoms with Crippen molar-refractivity contribution in [2.75, 3.05) is 13.1 Å². The number of rotatable bonds is 6. The van der Waals surface area contributed by atoms with Gasteiger partial charge in [-0.3, -0.25) is 0 Å². The minimum absolute atomic E-state index is 0. The van der Waals surface area contributed by atoms with Crippen molar-refractivity contribution in [2.45, 2.75) is 26.0 Å². The Balaban J connectivity index is 0.00000261. The molecule has 27 heavy (non-hydrogen) atoms. The summed E-state index contributed by atoms with van der Waals surface area (Å²) in [5, 5.41) is 21.6. The Morgan fingerprint density at radius 2 is 1.85 bits per heavy atom. The topological polar surface area (TPSA) is 56.7 Å². The minimum atomic E-state index is -0.927. The molecular weight excluding hydrogens is 469 g/mol. The Labute approximate surface area is 181 Å². The first-order valence-corrected chi connectivity index (χ1v) is 9.73. The quantitative estimate of drug-likeness (QED) is 0.269. The molecule has 0 aliphatic heterocycles. The smallest absolute Gasteiger partial charge is 0.191 e. The number of nitrogens with one attached hydrogen (secondary N) is 2. The van der Waals surface area contributed by atoms with Gasteiger partial charge in [0, 0.05) is 11.4 Å². The van der Waals surface area contributed by atoms with E-state index in [4.69, 9.17) is 4.99 Å². The van der Waals surface area contributed by atoms with Crippen molar-refractivity contribution < 1.29 is 5.11 Å². The van der Waals surface area contributed by atoms with Crippen molar-refractivity contribution in [1.82, 2.24) is 10.6 Å². The lowest BCUT2D eigenvalue weighted by Crippen LogP contribution is -2.44. The second-order valence-electron chi connectivity index (χ2n) is 6.44. The summed E-state index contributed by atoms with van der Waals surface area (Å²) in [7, 11) is 0. The summed E-state index contributed by atoms with van der Waals surface area (Å²) in [4.78, 5) is 5.64. The summed E-state index contributed by atoms with van der Waals surface area (Å²) >= 11 is 1.56. The number of aliphatic imine (C=N–C) groups is 1. The molecule has 1 unspecified atom stereocenters. The zero-order valence-electron chi connectivity index (χ0n) is 15.6. The summed E-state index contributed by atoms with van der Waals surface area (Å²) in [6.07, 6.45) is 0. The highest BCUT2D eigenvalue weighted by molar-refractivity contribution is 14.0. The van der Waals surface area contributed by atoms with Crippen LogP contribution in [0.4, 0.5) is 0 Å². The van der Waals surface area contributed by atoms with Gasteiger partial charge in [0.15, 0.2) is 5.96 Å². The van der Waals surface area contributed by atoms with Gasteiger partial charge >= 0.3 is 0 Å². The highest BCUT2D eigenvalue weighted by Crippen LogP contribution is 2.24. The molecule has 144 valence electrons. The molecule has 3 rings (SSSR count). The monoisotopic (exact) mass is 495 g/mol. The highest BCUT2D eigenvalue weighted by atomic mass is 127. The van der Waals surface area contributed by atoms with Crippen LogP contribution in [0.1, 0.15) is 24.3 Å². The third kappa shape index (κ3) is 5.67. The maximum atomic E-state index is 10.7. The van der Waals surface area contributed by atoms with Gasteiger partial charge in [-0.2, -0.15) is 0 Å². The molecule has 1 atom stereocenters. The number of hydrogen-bond donors (Lipinski definition) is 3.